The predicted octanol–water partition coefficient (Wildman–Crippen LogP) is 2.10. The molecule has 0 aliphatic carbocycles. The number of nitriles is 1. The lowest BCUT2D eigenvalue weighted by atomic mass is 10.0. The first kappa shape index (κ1) is 27.5. The van der Waals surface area contributed by atoms with Crippen molar-refractivity contribution < 1.29 is 13.6 Å². The number of halogens is 2. The van der Waals surface area contributed by atoms with Crippen molar-refractivity contribution >= 4 is 54.5 Å². The van der Waals surface area contributed by atoms with Gasteiger partial charge in [0.25, 0.3) is 11.8 Å². The van der Waals surface area contributed by atoms with Crippen molar-refractivity contribution in [1.82, 2.24) is 20.0 Å². The van der Waals surface area contributed by atoms with Crippen LogP contribution in [0.1, 0.15) is 19.5 Å². The monoisotopic (exact) mass is 540 g/mol. The molecule has 0 fully saturated rings. The molecule has 3 aromatic heterocycles. The van der Waals surface area contributed by atoms with Crippen molar-refractivity contribution in [2.75, 3.05) is 5.32 Å². The Balaban J connectivity index is 2.09. The molecule has 3 rings (SSSR count). The Morgan fingerprint density at radius 1 is 1.41 bits per heavy atom. The smallest absolute Gasteiger partial charge is 0.287 e. The number of pyridine rings is 1. The van der Waals surface area contributed by atoms with E-state index in [-0.39, 0.29) is 11.4 Å². The first-order valence-electron chi connectivity index (χ1n) is 10.7. The Labute approximate surface area is 217 Å². The van der Waals surface area contributed by atoms with Crippen LogP contribution in [0.5, 0.6) is 0 Å². The number of rotatable bonds is 7. The molecule has 0 saturated heterocycles. The Morgan fingerprint density at radius 3 is 2.65 bits per heavy atom. The number of carbonyl (C=O) groups is 1. The van der Waals surface area contributed by atoms with Crippen molar-refractivity contribution in [2.45, 2.75) is 26.7 Å². The molecule has 0 radical (unpaired) electrons. The van der Waals surface area contributed by atoms with Gasteiger partial charge in [0.2, 0.25) is 0 Å². The highest BCUT2D eigenvalue weighted by Gasteiger charge is 2.36. The fourth-order valence-electron chi connectivity index (χ4n) is 3.26. The molecule has 0 saturated carbocycles. The number of hydrogen-bond acceptors (Lipinski definition) is 8. The number of aryl methyl sites for hydroxylation is 1. The number of anilines is 1. The van der Waals surface area contributed by atoms with Crippen LogP contribution < -0.4 is 26.1 Å². The average molecular weight is 541 g/mol. The fraction of sp³-hybridized carbons (Fsp3) is 0.167. The summed E-state index contributed by atoms with van der Waals surface area (Å²) in [5, 5.41) is 22.6. The fourth-order valence-corrected chi connectivity index (χ4v) is 4.46. The lowest BCUT2D eigenvalue weighted by molar-refractivity contribution is -0.112. The number of alkyl halides is 2. The molecule has 190 valence electrons. The minimum Gasteiger partial charge on any atom is -0.404 e. The van der Waals surface area contributed by atoms with Gasteiger partial charge in [0.05, 0.1) is 41.1 Å². The van der Waals surface area contributed by atoms with E-state index in [2.05, 4.69) is 41.3 Å². The molecule has 9 nitrogen and oxygen atoms in total. The summed E-state index contributed by atoms with van der Waals surface area (Å²) >= 11 is 1.26. The van der Waals surface area contributed by atoms with Gasteiger partial charge >= 0.3 is 0 Å². The van der Waals surface area contributed by atoms with Crippen LogP contribution in [0.15, 0.2) is 59.3 Å². The number of amides is 1. The van der Waals surface area contributed by atoms with Gasteiger partial charge in [0.1, 0.15) is 5.71 Å². The minimum absolute atomic E-state index is 0.0655. The van der Waals surface area contributed by atoms with Crippen molar-refractivity contribution in [3.05, 3.63) is 69.8 Å². The molecule has 0 aromatic carbocycles. The number of hydrogen-bond donors (Lipinski definition) is 2. The molecule has 0 aliphatic heterocycles. The molecule has 0 spiro atoms. The summed E-state index contributed by atoms with van der Waals surface area (Å²) in [4.78, 5) is 23.0. The molecule has 37 heavy (non-hydrogen) atoms. The second-order valence-corrected chi connectivity index (χ2v) is 9.26. The molecule has 1 atom stereocenters. The van der Waals surface area contributed by atoms with E-state index in [1.807, 2.05) is 6.07 Å². The summed E-state index contributed by atoms with van der Waals surface area (Å²) < 4.78 is 30.2. The third-order valence-electron chi connectivity index (χ3n) is 5.04. The molecule has 1 unspecified atom stereocenters. The minimum atomic E-state index is -3.55. The van der Waals surface area contributed by atoms with Crippen LogP contribution >= 0.6 is 20.6 Å². The van der Waals surface area contributed by atoms with Gasteiger partial charge in [-0.05, 0) is 37.4 Å². The zero-order chi connectivity index (χ0) is 27.3. The van der Waals surface area contributed by atoms with Crippen LogP contribution in [-0.2, 0) is 4.79 Å². The zero-order valence-electron chi connectivity index (χ0n) is 20.2. The lowest BCUT2D eigenvalue weighted by Gasteiger charge is -2.18. The average Bonchev–Trinajstić information content (AvgIpc) is 3.55. The SMILES string of the molecule is C=C/C(N=C(C(=CN)C(=O)Nc1cc(P)c(-n2nccn2)nc1C)C(C)(F)F)=c1/ccs/c1=C(/C)C#N. The summed E-state index contributed by atoms with van der Waals surface area (Å²) in [6.07, 6.45) is 5.05. The number of aliphatic imine (C=N–C) groups is 1. The summed E-state index contributed by atoms with van der Waals surface area (Å²) in [5.74, 6) is -4.03. The van der Waals surface area contributed by atoms with Gasteiger partial charge in [-0.25, -0.2) is 9.98 Å². The highest BCUT2D eigenvalue weighted by atomic mass is 32.1. The topological polar surface area (TPSA) is 135 Å². The maximum Gasteiger partial charge on any atom is 0.287 e. The summed E-state index contributed by atoms with van der Waals surface area (Å²) in [6.45, 7) is 7.54. The standard InChI is InChI=1S/C24H23F2N8OPS/c1-5-17(15-6-9-37-20(15)13(2)11-27)32-21(24(4,25)26)16(12-28)23(35)33-18-10-19(36)22(31-14(18)3)34-29-7-8-30-34/h5-10,12H,1,28,36H2,2-4H3,(H,33,35)/b16-12?,17-15+,20-13-,32-21?. The highest BCUT2D eigenvalue weighted by Crippen LogP contribution is 2.24. The molecule has 0 aliphatic rings. The third kappa shape index (κ3) is 6.02. The van der Waals surface area contributed by atoms with E-state index in [1.54, 1.807) is 31.4 Å². The van der Waals surface area contributed by atoms with Crippen LogP contribution in [0.2, 0.25) is 0 Å². The van der Waals surface area contributed by atoms with Crippen molar-refractivity contribution in [3.63, 3.8) is 0 Å². The quantitative estimate of drug-likeness (QED) is 0.268. The van der Waals surface area contributed by atoms with E-state index < -0.39 is 23.1 Å². The third-order valence-corrected chi connectivity index (χ3v) is 6.49. The first-order valence-corrected chi connectivity index (χ1v) is 12.1. The second-order valence-electron chi connectivity index (χ2n) is 7.73. The van der Waals surface area contributed by atoms with Gasteiger partial charge in [0, 0.05) is 33.8 Å². The van der Waals surface area contributed by atoms with Crippen LogP contribution in [0, 0.1) is 18.3 Å². The Bertz CT molecular complexity index is 1580. The van der Waals surface area contributed by atoms with E-state index in [0.29, 0.717) is 39.1 Å². The van der Waals surface area contributed by atoms with Crippen molar-refractivity contribution in [3.8, 4) is 11.9 Å². The first-order chi connectivity index (χ1) is 17.5. The normalized spacial score (nSPS) is 14.1. The van der Waals surface area contributed by atoms with Gasteiger partial charge in [-0.15, -0.1) is 25.4 Å². The predicted molar refractivity (Wildman–Crippen MR) is 144 cm³/mol. The molecule has 1 amide bonds. The maximum absolute atomic E-state index is 14.8. The lowest BCUT2D eigenvalue weighted by Crippen LogP contribution is -2.34. The van der Waals surface area contributed by atoms with Gasteiger partial charge in [-0.3, -0.25) is 4.79 Å². The van der Waals surface area contributed by atoms with Crippen LogP contribution in [0.4, 0.5) is 14.5 Å². The molecule has 3 heterocycles. The van der Waals surface area contributed by atoms with Crippen LogP contribution in [0.25, 0.3) is 17.1 Å². The summed E-state index contributed by atoms with van der Waals surface area (Å²) in [7, 11) is 2.46. The van der Waals surface area contributed by atoms with Crippen molar-refractivity contribution in [1.29, 1.82) is 5.26 Å². The van der Waals surface area contributed by atoms with Gasteiger partial charge in [-0.2, -0.15) is 24.2 Å². The second kappa shape index (κ2) is 11.3. The van der Waals surface area contributed by atoms with E-state index in [1.165, 1.54) is 34.6 Å². The number of nitrogens with two attached hydrogens (primary N) is 1. The Morgan fingerprint density at radius 2 is 2.08 bits per heavy atom. The number of carbonyl (C=O) groups excluding carboxylic acids is 1. The van der Waals surface area contributed by atoms with Crippen LogP contribution in [0.3, 0.4) is 0 Å². The van der Waals surface area contributed by atoms with Crippen LogP contribution in [-0.4, -0.2) is 37.5 Å². The summed E-state index contributed by atoms with van der Waals surface area (Å²) in [6, 6.07) is 5.28. The highest BCUT2D eigenvalue weighted by molar-refractivity contribution is 7.27. The molecule has 13 heteroatoms. The molecule has 0 bridgehead atoms. The molecular weight excluding hydrogens is 517 g/mol. The molecule has 3 N–H and O–H groups in total. The van der Waals surface area contributed by atoms with Crippen molar-refractivity contribution in [2.24, 2.45) is 10.7 Å². The molecular formula is C24H23F2N8OPS. The largest absolute Gasteiger partial charge is 0.404 e. The van der Waals surface area contributed by atoms with E-state index in [0.717, 1.165) is 6.20 Å². The Hall–Kier alpha value is -4.07. The number of nitrogens with one attached hydrogen (secondary N) is 1. The molecule has 3 aromatic rings. The van der Waals surface area contributed by atoms with E-state index in [9.17, 15) is 18.8 Å². The van der Waals surface area contributed by atoms with Gasteiger partial charge in [-0.1, -0.05) is 6.58 Å². The summed E-state index contributed by atoms with van der Waals surface area (Å²) in [5.41, 5.74) is 5.39. The zero-order valence-corrected chi connectivity index (χ0v) is 22.1. The van der Waals surface area contributed by atoms with E-state index >= 15 is 0 Å². The van der Waals surface area contributed by atoms with Gasteiger partial charge in [0.15, 0.2) is 5.82 Å². The van der Waals surface area contributed by atoms with Gasteiger partial charge < -0.3 is 11.1 Å². The maximum atomic E-state index is 14.8. The Kier molecular flexibility index (Phi) is 8.42. The number of nitrogens with zero attached hydrogens (tertiary/aromatic N) is 6. The number of thiophene rings is 1. The van der Waals surface area contributed by atoms with E-state index in [4.69, 9.17) is 5.73 Å². The number of aromatic nitrogens is 4.